The van der Waals surface area contributed by atoms with E-state index < -0.39 is 5.97 Å². The second-order valence-corrected chi connectivity index (χ2v) is 5.49. The molecule has 1 saturated heterocycles. The SMILES string of the molecule is C#CCN1CCN(CC(C)(C)CC(=O)O)CC1. The van der Waals surface area contributed by atoms with E-state index >= 15 is 0 Å². The average molecular weight is 238 g/mol. The Bertz CT molecular complexity index is 299. The maximum atomic E-state index is 10.7. The molecule has 0 aromatic rings. The molecule has 0 spiro atoms. The Balaban J connectivity index is 2.35. The van der Waals surface area contributed by atoms with Crippen LogP contribution in [0.25, 0.3) is 0 Å². The van der Waals surface area contributed by atoms with E-state index in [1.54, 1.807) is 0 Å². The Labute approximate surface area is 104 Å². The molecule has 0 radical (unpaired) electrons. The highest BCUT2D eigenvalue weighted by Gasteiger charge is 2.26. The van der Waals surface area contributed by atoms with Gasteiger partial charge in [-0.25, -0.2) is 0 Å². The van der Waals surface area contributed by atoms with E-state index in [1.165, 1.54) is 0 Å². The molecular weight excluding hydrogens is 216 g/mol. The summed E-state index contributed by atoms with van der Waals surface area (Å²) in [5.74, 6) is 1.93. The third-order valence-corrected chi connectivity index (χ3v) is 3.06. The number of terminal acetylenes is 1. The molecule has 4 heteroatoms. The topological polar surface area (TPSA) is 43.8 Å². The van der Waals surface area contributed by atoms with E-state index in [1.807, 2.05) is 13.8 Å². The minimum absolute atomic E-state index is 0.167. The minimum Gasteiger partial charge on any atom is -0.481 e. The van der Waals surface area contributed by atoms with Crippen LogP contribution >= 0.6 is 0 Å². The number of aliphatic carboxylic acids is 1. The van der Waals surface area contributed by atoms with E-state index in [4.69, 9.17) is 11.5 Å². The van der Waals surface area contributed by atoms with Gasteiger partial charge in [-0.15, -0.1) is 6.42 Å². The van der Waals surface area contributed by atoms with Crippen molar-refractivity contribution < 1.29 is 9.90 Å². The Morgan fingerprint density at radius 1 is 1.29 bits per heavy atom. The summed E-state index contributed by atoms with van der Waals surface area (Å²) >= 11 is 0. The smallest absolute Gasteiger partial charge is 0.303 e. The minimum atomic E-state index is -0.721. The molecular formula is C13H22N2O2. The van der Waals surface area contributed by atoms with E-state index in [0.29, 0.717) is 6.54 Å². The molecule has 1 heterocycles. The Kier molecular flexibility index (Phi) is 4.98. The molecule has 0 saturated carbocycles. The molecule has 0 amide bonds. The molecule has 1 fully saturated rings. The van der Waals surface area contributed by atoms with Crippen molar-refractivity contribution in [2.75, 3.05) is 39.3 Å². The van der Waals surface area contributed by atoms with Gasteiger partial charge in [-0.2, -0.15) is 0 Å². The van der Waals surface area contributed by atoms with Crippen LogP contribution in [0.3, 0.4) is 0 Å². The monoisotopic (exact) mass is 238 g/mol. The van der Waals surface area contributed by atoms with Crippen LogP contribution < -0.4 is 0 Å². The number of piperazine rings is 1. The molecule has 17 heavy (non-hydrogen) atoms. The van der Waals surface area contributed by atoms with Crippen molar-refractivity contribution in [3.8, 4) is 12.3 Å². The largest absolute Gasteiger partial charge is 0.481 e. The molecule has 0 unspecified atom stereocenters. The van der Waals surface area contributed by atoms with Crippen LogP contribution in [-0.4, -0.2) is 60.1 Å². The van der Waals surface area contributed by atoms with Gasteiger partial charge in [-0.05, 0) is 5.41 Å². The van der Waals surface area contributed by atoms with Crippen LogP contribution in [0.5, 0.6) is 0 Å². The molecule has 0 atom stereocenters. The van der Waals surface area contributed by atoms with Gasteiger partial charge in [0, 0.05) is 32.7 Å². The molecule has 1 aliphatic rings. The first-order valence-electron chi connectivity index (χ1n) is 6.03. The zero-order valence-electron chi connectivity index (χ0n) is 10.8. The molecule has 1 N–H and O–H groups in total. The van der Waals surface area contributed by atoms with Gasteiger partial charge in [0.25, 0.3) is 0 Å². The maximum Gasteiger partial charge on any atom is 0.303 e. The van der Waals surface area contributed by atoms with Crippen LogP contribution in [0.15, 0.2) is 0 Å². The lowest BCUT2D eigenvalue weighted by Crippen LogP contribution is -2.49. The van der Waals surface area contributed by atoms with Gasteiger partial charge in [0.1, 0.15) is 0 Å². The van der Waals surface area contributed by atoms with Gasteiger partial charge in [0.15, 0.2) is 0 Å². The van der Waals surface area contributed by atoms with Gasteiger partial charge in [-0.1, -0.05) is 19.8 Å². The van der Waals surface area contributed by atoms with Crippen molar-refractivity contribution in [2.45, 2.75) is 20.3 Å². The third-order valence-electron chi connectivity index (χ3n) is 3.06. The van der Waals surface area contributed by atoms with E-state index in [9.17, 15) is 4.79 Å². The fourth-order valence-corrected chi connectivity index (χ4v) is 2.31. The average Bonchev–Trinajstić information content (AvgIpc) is 2.18. The summed E-state index contributed by atoms with van der Waals surface area (Å²) < 4.78 is 0. The number of carbonyl (C=O) groups is 1. The van der Waals surface area contributed by atoms with Gasteiger partial charge in [-0.3, -0.25) is 9.69 Å². The highest BCUT2D eigenvalue weighted by atomic mass is 16.4. The lowest BCUT2D eigenvalue weighted by molar-refractivity contribution is -0.139. The molecule has 1 rings (SSSR count). The molecule has 0 aromatic carbocycles. The predicted octanol–water partition coefficient (Wildman–Crippen LogP) is 0.738. The quantitative estimate of drug-likeness (QED) is 0.717. The summed E-state index contributed by atoms with van der Waals surface area (Å²) in [5.41, 5.74) is -0.167. The number of carboxylic acids is 1. The summed E-state index contributed by atoms with van der Waals surface area (Å²) in [5, 5.41) is 8.84. The second-order valence-electron chi connectivity index (χ2n) is 5.49. The summed E-state index contributed by atoms with van der Waals surface area (Å²) in [7, 11) is 0. The normalized spacial score (nSPS) is 18.9. The summed E-state index contributed by atoms with van der Waals surface area (Å²) in [6.45, 7) is 9.48. The van der Waals surface area contributed by atoms with Crippen molar-refractivity contribution in [3.05, 3.63) is 0 Å². The van der Waals surface area contributed by atoms with Gasteiger partial charge in [0.05, 0.1) is 13.0 Å². The highest BCUT2D eigenvalue weighted by Crippen LogP contribution is 2.22. The summed E-state index contributed by atoms with van der Waals surface area (Å²) in [6.07, 6.45) is 5.50. The van der Waals surface area contributed by atoms with Crippen molar-refractivity contribution in [3.63, 3.8) is 0 Å². The first-order valence-corrected chi connectivity index (χ1v) is 6.03. The fraction of sp³-hybridized carbons (Fsp3) is 0.769. The molecule has 0 bridgehead atoms. The fourth-order valence-electron chi connectivity index (χ4n) is 2.31. The van der Waals surface area contributed by atoms with Crippen molar-refractivity contribution in [2.24, 2.45) is 5.41 Å². The lowest BCUT2D eigenvalue weighted by atomic mass is 9.88. The first-order chi connectivity index (χ1) is 7.93. The number of hydrogen-bond acceptors (Lipinski definition) is 3. The van der Waals surface area contributed by atoms with Gasteiger partial charge < -0.3 is 10.0 Å². The van der Waals surface area contributed by atoms with Crippen LogP contribution in [0.1, 0.15) is 20.3 Å². The van der Waals surface area contributed by atoms with Gasteiger partial charge >= 0.3 is 5.97 Å². The number of nitrogens with zero attached hydrogens (tertiary/aromatic N) is 2. The molecule has 96 valence electrons. The Morgan fingerprint density at radius 3 is 2.29 bits per heavy atom. The zero-order chi connectivity index (χ0) is 12.9. The Hall–Kier alpha value is -1.05. The Morgan fingerprint density at radius 2 is 1.82 bits per heavy atom. The number of rotatable bonds is 5. The number of hydrogen-bond donors (Lipinski definition) is 1. The summed E-state index contributed by atoms with van der Waals surface area (Å²) in [4.78, 5) is 15.3. The van der Waals surface area contributed by atoms with E-state index in [2.05, 4.69) is 15.7 Å². The third kappa shape index (κ3) is 5.20. The lowest BCUT2D eigenvalue weighted by Gasteiger charge is -2.37. The second kappa shape index (κ2) is 6.04. The highest BCUT2D eigenvalue weighted by molar-refractivity contribution is 5.67. The predicted molar refractivity (Wildman–Crippen MR) is 67.7 cm³/mol. The summed E-state index contributed by atoms with van der Waals surface area (Å²) in [6, 6.07) is 0. The van der Waals surface area contributed by atoms with Crippen molar-refractivity contribution >= 4 is 5.97 Å². The standard InChI is InChI=1S/C13H22N2O2/c1-4-5-14-6-8-15(9-7-14)11-13(2,3)10-12(16)17/h1H,5-11H2,2-3H3,(H,16,17). The molecule has 0 aliphatic carbocycles. The zero-order valence-corrected chi connectivity index (χ0v) is 10.8. The molecule has 1 aliphatic heterocycles. The van der Waals surface area contributed by atoms with E-state index in [0.717, 1.165) is 32.7 Å². The van der Waals surface area contributed by atoms with Gasteiger partial charge in [0.2, 0.25) is 0 Å². The van der Waals surface area contributed by atoms with Crippen LogP contribution in [0.2, 0.25) is 0 Å². The van der Waals surface area contributed by atoms with Crippen molar-refractivity contribution in [1.29, 1.82) is 0 Å². The maximum absolute atomic E-state index is 10.7. The van der Waals surface area contributed by atoms with Crippen LogP contribution in [0.4, 0.5) is 0 Å². The first kappa shape index (κ1) is 14.0. The number of carboxylic acid groups (broad SMARTS) is 1. The van der Waals surface area contributed by atoms with Crippen LogP contribution in [0, 0.1) is 17.8 Å². The van der Waals surface area contributed by atoms with Crippen molar-refractivity contribution in [1.82, 2.24) is 9.80 Å². The van der Waals surface area contributed by atoms with E-state index in [-0.39, 0.29) is 11.8 Å². The van der Waals surface area contributed by atoms with Crippen LogP contribution in [-0.2, 0) is 4.79 Å². The molecule has 0 aromatic heterocycles. The molecule has 4 nitrogen and oxygen atoms in total.